The van der Waals surface area contributed by atoms with Crippen molar-refractivity contribution in [1.82, 2.24) is 0 Å². The molecule has 0 aliphatic heterocycles. The second-order valence-corrected chi connectivity index (χ2v) is 0.821. The van der Waals surface area contributed by atoms with Crippen LogP contribution in [-0.4, -0.2) is 0 Å². The lowest BCUT2D eigenvalue weighted by Crippen LogP contribution is -1.41. The molecular weight excluding hydrogens is 72.1 g/mol. The summed E-state index contributed by atoms with van der Waals surface area (Å²) in [5.41, 5.74) is 0. The van der Waals surface area contributed by atoms with Gasteiger partial charge in [0.25, 0.3) is 0 Å². The van der Waals surface area contributed by atoms with E-state index < -0.39 is 0 Å². The van der Waals surface area contributed by atoms with Gasteiger partial charge in [0.05, 0.1) is 0 Å². The second-order valence-electron chi connectivity index (χ2n) is 0.821. The lowest BCUT2D eigenvalue weighted by atomic mass is 10.5. The van der Waals surface area contributed by atoms with Crippen LogP contribution >= 0.6 is 0 Å². The summed E-state index contributed by atoms with van der Waals surface area (Å²) in [6.45, 7) is 5.23. The van der Waals surface area contributed by atoms with Gasteiger partial charge < -0.3 is 0 Å². The molecule has 0 saturated carbocycles. The minimum Gasteiger partial charge on any atom is -0.0975 e. The van der Waals surface area contributed by atoms with Crippen LogP contribution < -0.4 is 0 Å². The molecule has 0 saturated heterocycles. The van der Waals surface area contributed by atoms with E-state index in [-0.39, 0.29) is 0 Å². The van der Waals surface area contributed by atoms with E-state index >= 15 is 0 Å². The molecule has 0 aromatic carbocycles. The highest BCUT2D eigenvalue weighted by Gasteiger charge is 1.45. The fourth-order valence-corrected chi connectivity index (χ4v) is 0.142. The Hall–Kier alpha value is -0.700. The molecule has 0 fully saturated rings. The monoisotopic (exact) mass is 79.1 g/mol. The van der Waals surface area contributed by atoms with Crippen molar-refractivity contribution in [2.75, 3.05) is 0 Å². The Bertz CT molecular complexity index is 88.3. The fraction of sp³-hybridized carbons (Fsp3) is 0.167. The smallest absolute Gasteiger partial charge is 0.0202 e. The van der Waals surface area contributed by atoms with E-state index in [4.69, 9.17) is 0 Å². The fourth-order valence-electron chi connectivity index (χ4n) is 0.142. The van der Waals surface area contributed by atoms with Gasteiger partial charge in [-0.25, -0.2) is 0 Å². The zero-order valence-corrected chi connectivity index (χ0v) is 3.86. The van der Waals surface area contributed by atoms with Gasteiger partial charge in [0, 0.05) is 6.92 Å². The van der Waals surface area contributed by atoms with Crippen LogP contribution in [0.1, 0.15) is 6.92 Å². The summed E-state index contributed by atoms with van der Waals surface area (Å²) >= 11 is 0. The first-order valence-electron chi connectivity index (χ1n) is 1.80. The van der Waals surface area contributed by atoms with Crippen LogP contribution in [0.3, 0.4) is 0 Å². The van der Waals surface area contributed by atoms with Gasteiger partial charge in [-0.3, -0.25) is 0 Å². The number of rotatable bonds is 0. The van der Waals surface area contributed by atoms with Crippen LogP contribution in [0.4, 0.5) is 0 Å². The van der Waals surface area contributed by atoms with Crippen molar-refractivity contribution in [3.05, 3.63) is 19.1 Å². The number of hydrogen-bond donors (Lipinski definition) is 0. The summed E-state index contributed by atoms with van der Waals surface area (Å²) in [7, 11) is 0. The Morgan fingerprint density at radius 2 is 2.33 bits per heavy atom. The summed E-state index contributed by atoms with van der Waals surface area (Å²) in [4.78, 5) is 0. The third-order valence-electron chi connectivity index (χ3n) is 0.352. The van der Waals surface area contributed by atoms with E-state index in [9.17, 15) is 0 Å². The average Bonchev–Trinajstić information content (AvgIpc) is 1.61. The standard InChI is InChI=1S/C6H7/c1-3-5-6-4-2/h4,6H,1H2,2H3. The first-order chi connectivity index (χ1) is 2.91. The summed E-state index contributed by atoms with van der Waals surface area (Å²) in [5.74, 6) is 5.14. The van der Waals surface area contributed by atoms with E-state index in [2.05, 4.69) is 18.8 Å². The van der Waals surface area contributed by atoms with Gasteiger partial charge in [-0.1, -0.05) is 17.9 Å². The molecule has 0 rings (SSSR count). The number of allylic oxidation sites excluding steroid dienone is 2. The average molecular weight is 79.1 g/mol. The third-order valence-corrected chi connectivity index (χ3v) is 0.352. The van der Waals surface area contributed by atoms with Crippen molar-refractivity contribution >= 4 is 0 Å². The largest absolute Gasteiger partial charge is 0.0975 e. The van der Waals surface area contributed by atoms with Crippen molar-refractivity contribution in [3.8, 4) is 11.8 Å². The van der Waals surface area contributed by atoms with Crippen LogP contribution in [0.5, 0.6) is 0 Å². The lowest BCUT2D eigenvalue weighted by molar-refractivity contribution is 1.76. The van der Waals surface area contributed by atoms with Crippen LogP contribution in [0.15, 0.2) is 12.2 Å². The summed E-state index contributed by atoms with van der Waals surface area (Å²) in [5, 5.41) is 0. The SMILES string of the molecule is [CH2]C#CC=CC. The van der Waals surface area contributed by atoms with Crippen LogP contribution in [0, 0.1) is 18.8 Å². The molecule has 0 bridgehead atoms. The van der Waals surface area contributed by atoms with Gasteiger partial charge in [-0.15, -0.1) is 0 Å². The molecule has 0 heteroatoms. The van der Waals surface area contributed by atoms with Gasteiger partial charge in [0.1, 0.15) is 0 Å². The van der Waals surface area contributed by atoms with Crippen LogP contribution in [-0.2, 0) is 0 Å². The van der Waals surface area contributed by atoms with E-state index in [1.165, 1.54) is 0 Å². The van der Waals surface area contributed by atoms with Crippen LogP contribution in [0.25, 0.3) is 0 Å². The molecule has 0 N–H and O–H groups in total. The maximum Gasteiger partial charge on any atom is 0.0202 e. The first-order valence-corrected chi connectivity index (χ1v) is 1.80. The number of hydrogen-bond acceptors (Lipinski definition) is 0. The molecule has 0 unspecified atom stereocenters. The van der Waals surface area contributed by atoms with E-state index in [0.717, 1.165) is 0 Å². The maximum absolute atomic E-state index is 3.31. The Morgan fingerprint density at radius 1 is 1.67 bits per heavy atom. The predicted octanol–water partition coefficient (Wildman–Crippen LogP) is 1.40. The third kappa shape index (κ3) is 3.30. The lowest BCUT2D eigenvalue weighted by Gasteiger charge is -1.56. The van der Waals surface area contributed by atoms with Gasteiger partial charge in [0.2, 0.25) is 0 Å². The molecule has 0 aliphatic carbocycles. The Morgan fingerprint density at radius 3 is 2.50 bits per heavy atom. The molecule has 0 atom stereocenters. The zero-order chi connectivity index (χ0) is 4.83. The van der Waals surface area contributed by atoms with Crippen molar-refractivity contribution in [3.63, 3.8) is 0 Å². The predicted molar refractivity (Wildman–Crippen MR) is 27.9 cm³/mol. The highest BCUT2D eigenvalue weighted by Crippen LogP contribution is 1.61. The van der Waals surface area contributed by atoms with Crippen molar-refractivity contribution in [2.24, 2.45) is 0 Å². The molecule has 31 valence electrons. The molecule has 0 nitrogen and oxygen atoms in total. The quantitative estimate of drug-likeness (QED) is 0.385. The molecular formula is C6H7. The first kappa shape index (κ1) is 5.30. The molecule has 6 heavy (non-hydrogen) atoms. The molecule has 0 spiro atoms. The van der Waals surface area contributed by atoms with Gasteiger partial charge in [-0.05, 0) is 13.0 Å². The normalized spacial score (nSPS) is 7.67. The van der Waals surface area contributed by atoms with Gasteiger partial charge in [-0.2, -0.15) is 0 Å². The molecule has 0 heterocycles. The van der Waals surface area contributed by atoms with Crippen LogP contribution in [0.2, 0.25) is 0 Å². The van der Waals surface area contributed by atoms with E-state index in [1.807, 2.05) is 13.0 Å². The highest BCUT2D eigenvalue weighted by atomic mass is 13.5. The minimum atomic E-state index is 1.76. The molecule has 0 amide bonds. The Balaban J connectivity index is 3.24. The topological polar surface area (TPSA) is 0 Å². The van der Waals surface area contributed by atoms with Crippen molar-refractivity contribution in [2.45, 2.75) is 6.92 Å². The molecule has 1 radical (unpaired) electrons. The Labute approximate surface area is 38.9 Å². The Kier molecular flexibility index (Phi) is 3.80. The van der Waals surface area contributed by atoms with E-state index in [0.29, 0.717) is 0 Å². The zero-order valence-electron chi connectivity index (χ0n) is 3.86. The highest BCUT2D eigenvalue weighted by molar-refractivity contribution is 5.15. The molecule has 0 aromatic rings. The summed E-state index contributed by atoms with van der Waals surface area (Å²) in [6.07, 6.45) is 3.63. The second kappa shape index (κ2) is 4.30. The minimum absolute atomic E-state index is 1.76. The maximum atomic E-state index is 3.31. The summed E-state index contributed by atoms with van der Waals surface area (Å²) in [6, 6.07) is 0. The van der Waals surface area contributed by atoms with Crippen molar-refractivity contribution < 1.29 is 0 Å². The van der Waals surface area contributed by atoms with E-state index in [1.54, 1.807) is 6.08 Å². The van der Waals surface area contributed by atoms with Crippen molar-refractivity contribution in [1.29, 1.82) is 0 Å². The summed E-state index contributed by atoms with van der Waals surface area (Å²) < 4.78 is 0. The van der Waals surface area contributed by atoms with Gasteiger partial charge in [0.15, 0.2) is 0 Å². The van der Waals surface area contributed by atoms with Gasteiger partial charge >= 0.3 is 0 Å². The molecule has 0 aliphatic rings. The molecule has 0 aromatic heterocycles.